The van der Waals surface area contributed by atoms with Crippen LogP contribution in [0, 0.1) is 5.92 Å². The molecule has 0 aromatic heterocycles. The summed E-state index contributed by atoms with van der Waals surface area (Å²) in [5.74, 6) is 0.276. The summed E-state index contributed by atoms with van der Waals surface area (Å²) in [5, 5.41) is 2.88. The number of ether oxygens (including phenoxy) is 1. The molecule has 1 N–H and O–H groups in total. The van der Waals surface area contributed by atoms with Crippen LogP contribution >= 0.6 is 0 Å². The van der Waals surface area contributed by atoms with Crippen molar-refractivity contribution in [3.8, 4) is 5.75 Å². The van der Waals surface area contributed by atoms with E-state index in [1.54, 1.807) is 7.11 Å². The quantitative estimate of drug-likeness (QED) is 0.673. The van der Waals surface area contributed by atoms with Crippen LogP contribution < -0.4 is 10.1 Å². The van der Waals surface area contributed by atoms with Crippen molar-refractivity contribution in [2.45, 2.75) is 30.3 Å². The lowest BCUT2D eigenvalue weighted by atomic mass is 9.97. The molecular formula is C22H25F3N2O4S. The van der Waals surface area contributed by atoms with E-state index in [-0.39, 0.29) is 24.9 Å². The Morgan fingerprint density at radius 1 is 1.12 bits per heavy atom. The summed E-state index contributed by atoms with van der Waals surface area (Å²) in [5.41, 5.74) is 0.0396. The molecule has 174 valence electrons. The molecule has 32 heavy (non-hydrogen) atoms. The Labute approximate surface area is 185 Å². The van der Waals surface area contributed by atoms with Crippen LogP contribution in [0.25, 0.3) is 0 Å². The number of carbonyl (C=O) groups excluding carboxylic acids is 1. The summed E-state index contributed by atoms with van der Waals surface area (Å²) in [6.07, 6.45) is -3.35. The van der Waals surface area contributed by atoms with Crippen LogP contribution in [0.4, 0.5) is 13.2 Å². The van der Waals surface area contributed by atoms with Gasteiger partial charge in [-0.25, -0.2) is 8.42 Å². The number of carbonyl (C=O) groups is 1. The second kappa shape index (κ2) is 9.91. The van der Waals surface area contributed by atoms with Crippen molar-refractivity contribution >= 4 is 15.9 Å². The minimum absolute atomic E-state index is 0.0785. The van der Waals surface area contributed by atoms with Gasteiger partial charge in [0.2, 0.25) is 15.9 Å². The zero-order valence-electron chi connectivity index (χ0n) is 17.6. The van der Waals surface area contributed by atoms with Crippen molar-refractivity contribution < 1.29 is 31.1 Å². The average molecular weight is 471 g/mol. The van der Waals surface area contributed by atoms with E-state index in [0.29, 0.717) is 31.9 Å². The molecule has 0 aliphatic carbocycles. The summed E-state index contributed by atoms with van der Waals surface area (Å²) < 4.78 is 70.6. The third-order valence-corrected chi connectivity index (χ3v) is 7.39. The maximum absolute atomic E-state index is 12.9. The molecule has 1 aliphatic rings. The van der Waals surface area contributed by atoms with Crippen LogP contribution in [0.3, 0.4) is 0 Å². The number of hydrogen-bond donors (Lipinski definition) is 1. The first kappa shape index (κ1) is 24.1. The number of alkyl halides is 3. The molecule has 0 spiro atoms. The van der Waals surface area contributed by atoms with Gasteiger partial charge in [0, 0.05) is 25.6 Å². The Kier molecular flexibility index (Phi) is 7.45. The van der Waals surface area contributed by atoms with Crippen LogP contribution in [0.15, 0.2) is 53.4 Å². The summed E-state index contributed by atoms with van der Waals surface area (Å²) in [6, 6.07) is 11.2. The van der Waals surface area contributed by atoms with E-state index in [0.717, 1.165) is 33.8 Å². The van der Waals surface area contributed by atoms with E-state index >= 15 is 0 Å². The number of piperidine rings is 1. The van der Waals surface area contributed by atoms with Gasteiger partial charge in [-0.3, -0.25) is 4.79 Å². The number of amides is 1. The molecule has 2 aromatic carbocycles. The van der Waals surface area contributed by atoms with Crippen molar-refractivity contribution in [2.24, 2.45) is 5.92 Å². The van der Waals surface area contributed by atoms with Crippen molar-refractivity contribution in [3.05, 3.63) is 59.7 Å². The first-order valence-electron chi connectivity index (χ1n) is 10.2. The van der Waals surface area contributed by atoms with Gasteiger partial charge in [-0.05, 0) is 55.2 Å². The predicted octanol–water partition coefficient (Wildman–Crippen LogP) is 3.47. The van der Waals surface area contributed by atoms with Gasteiger partial charge in [0.15, 0.2) is 0 Å². The standard InChI is InChI=1S/C22H25F3N2O4S/c1-31-19-7-5-16(6-8-19)9-12-26-21(28)17-10-13-27(14-11-17)32(29,30)20-4-2-3-18(15-20)22(23,24)25/h2-8,15,17H,9-14H2,1H3,(H,26,28). The maximum atomic E-state index is 12.9. The fourth-order valence-corrected chi connectivity index (χ4v) is 5.12. The highest BCUT2D eigenvalue weighted by molar-refractivity contribution is 7.89. The predicted molar refractivity (Wildman–Crippen MR) is 113 cm³/mol. The van der Waals surface area contributed by atoms with Gasteiger partial charge in [-0.15, -0.1) is 0 Å². The monoisotopic (exact) mass is 470 g/mol. The van der Waals surface area contributed by atoms with Gasteiger partial charge in [0.05, 0.1) is 17.6 Å². The highest BCUT2D eigenvalue weighted by Gasteiger charge is 2.35. The zero-order valence-corrected chi connectivity index (χ0v) is 18.4. The van der Waals surface area contributed by atoms with Gasteiger partial charge in [0.25, 0.3) is 0 Å². The normalized spacial score (nSPS) is 16.0. The third kappa shape index (κ3) is 5.80. The van der Waals surface area contributed by atoms with Crippen LogP contribution in [0.2, 0.25) is 0 Å². The van der Waals surface area contributed by atoms with Crippen molar-refractivity contribution in [2.75, 3.05) is 26.7 Å². The van der Waals surface area contributed by atoms with E-state index in [4.69, 9.17) is 4.74 Å². The molecule has 0 saturated carbocycles. The zero-order chi connectivity index (χ0) is 23.4. The molecule has 1 amide bonds. The molecule has 6 nitrogen and oxygen atoms in total. The number of nitrogens with zero attached hydrogens (tertiary/aromatic N) is 1. The van der Waals surface area contributed by atoms with E-state index in [9.17, 15) is 26.4 Å². The van der Waals surface area contributed by atoms with Gasteiger partial charge in [-0.2, -0.15) is 17.5 Å². The number of hydrogen-bond acceptors (Lipinski definition) is 4. The Hall–Kier alpha value is -2.59. The van der Waals surface area contributed by atoms with E-state index in [2.05, 4.69) is 5.32 Å². The van der Waals surface area contributed by atoms with Crippen molar-refractivity contribution in [3.63, 3.8) is 0 Å². The number of sulfonamides is 1. The van der Waals surface area contributed by atoms with Gasteiger partial charge < -0.3 is 10.1 Å². The number of rotatable bonds is 7. The number of halogens is 3. The second-order valence-corrected chi connectivity index (χ2v) is 9.53. The largest absolute Gasteiger partial charge is 0.497 e. The minimum atomic E-state index is -4.62. The van der Waals surface area contributed by atoms with Crippen LogP contribution in [-0.2, 0) is 27.4 Å². The number of methoxy groups -OCH3 is 1. The Bertz CT molecular complexity index is 1030. The molecule has 0 unspecified atom stereocenters. The van der Waals surface area contributed by atoms with E-state index in [1.807, 2.05) is 24.3 Å². The minimum Gasteiger partial charge on any atom is -0.497 e. The lowest BCUT2D eigenvalue weighted by molar-refractivity contribution is -0.137. The Morgan fingerprint density at radius 3 is 2.38 bits per heavy atom. The molecule has 1 heterocycles. The SMILES string of the molecule is COc1ccc(CCNC(=O)C2CCN(S(=O)(=O)c3cccc(C(F)(F)F)c3)CC2)cc1. The molecule has 0 atom stereocenters. The Morgan fingerprint density at radius 2 is 1.78 bits per heavy atom. The topological polar surface area (TPSA) is 75.7 Å². The molecule has 2 aromatic rings. The molecule has 0 bridgehead atoms. The molecule has 0 radical (unpaired) electrons. The fourth-order valence-electron chi connectivity index (χ4n) is 3.61. The second-order valence-electron chi connectivity index (χ2n) is 7.59. The summed E-state index contributed by atoms with van der Waals surface area (Å²) in [6.45, 7) is 0.609. The highest BCUT2D eigenvalue weighted by Crippen LogP contribution is 2.32. The average Bonchev–Trinajstić information content (AvgIpc) is 2.79. The van der Waals surface area contributed by atoms with Crippen LogP contribution in [0.5, 0.6) is 5.75 Å². The van der Waals surface area contributed by atoms with Crippen molar-refractivity contribution in [1.82, 2.24) is 9.62 Å². The Balaban J connectivity index is 1.52. The molecule has 1 saturated heterocycles. The fraction of sp³-hybridized carbons (Fsp3) is 0.409. The maximum Gasteiger partial charge on any atom is 0.416 e. The molecular weight excluding hydrogens is 445 g/mol. The molecule has 3 rings (SSSR count). The van der Waals surface area contributed by atoms with Crippen molar-refractivity contribution in [1.29, 1.82) is 0 Å². The number of nitrogens with one attached hydrogen (secondary N) is 1. The van der Waals surface area contributed by atoms with Gasteiger partial charge in [-0.1, -0.05) is 18.2 Å². The smallest absolute Gasteiger partial charge is 0.416 e. The first-order chi connectivity index (χ1) is 15.1. The number of benzene rings is 2. The lowest BCUT2D eigenvalue weighted by Gasteiger charge is -2.30. The van der Waals surface area contributed by atoms with Crippen LogP contribution in [-0.4, -0.2) is 45.4 Å². The van der Waals surface area contributed by atoms with E-state index in [1.165, 1.54) is 0 Å². The molecule has 1 fully saturated rings. The van der Waals surface area contributed by atoms with E-state index < -0.39 is 26.7 Å². The molecule has 1 aliphatic heterocycles. The highest BCUT2D eigenvalue weighted by atomic mass is 32.2. The van der Waals surface area contributed by atoms with Crippen LogP contribution in [0.1, 0.15) is 24.0 Å². The summed E-state index contributed by atoms with van der Waals surface area (Å²) in [4.78, 5) is 12.1. The van der Waals surface area contributed by atoms with Gasteiger partial charge >= 0.3 is 6.18 Å². The first-order valence-corrected chi connectivity index (χ1v) is 11.6. The third-order valence-electron chi connectivity index (χ3n) is 5.50. The summed E-state index contributed by atoms with van der Waals surface area (Å²) in [7, 11) is -2.47. The molecule has 10 heteroatoms. The summed E-state index contributed by atoms with van der Waals surface area (Å²) >= 11 is 0. The lowest BCUT2D eigenvalue weighted by Crippen LogP contribution is -2.43. The van der Waals surface area contributed by atoms with Gasteiger partial charge in [0.1, 0.15) is 5.75 Å².